The molecule has 140 valence electrons. The van der Waals surface area contributed by atoms with Crippen molar-refractivity contribution in [2.45, 2.75) is 44.2 Å². The summed E-state index contributed by atoms with van der Waals surface area (Å²) >= 11 is 2.08. The Morgan fingerprint density at radius 1 is 0.833 bits per heavy atom. The molecule has 3 atom stereocenters. The summed E-state index contributed by atoms with van der Waals surface area (Å²) < 4.78 is 33.3. The molecule has 6 nitrogen and oxygen atoms in total. The fourth-order valence-corrected chi connectivity index (χ4v) is 3.35. The Bertz CT molecular complexity index is 329. The van der Waals surface area contributed by atoms with Crippen LogP contribution < -0.4 is 0 Å². The first-order valence-electron chi connectivity index (χ1n) is 8.49. The van der Waals surface area contributed by atoms with Crippen molar-refractivity contribution in [2.24, 2.45) is 0 Å². The van der Waals surface area contributed by atoms with E-state index >= 15 is 0 Å². The summed E-state index contributed by atoms with van der Waals surface area (Å²) in [5, 5.41) is 0. The zero-order valence-electron chi connectivity index (χ0n) is 13.9. The minimum Gasteiger partial charge on any atom is -0.377 e. The third-order valence-electron chi connectivity index (χ3n) is 3.82. The molecule has 1 fully saturated rings. The minimum atomic E-state index is -0.239. The second kappa shape index (κ2) is 13.7. The van der Waals surface area contributed by atoms with Crippen LogP contribution in [-0.2, 0) is 27.9 Å². The Hall–Kier alpha value is 0.580. The van der Waals surface area contributed by atoms with E-state index in [9.17, 15) is 0 Å². The van der Waals surface area contributed by atoms with Gasteiger partial charge >= 0.3 is 0 Å². The standard InChI is InChI=1S/C16H27IO6S/c17-24-21-12-11-19-8-7-18-9-10-20-13-16-22-14-5-3-1-2-4-6-15(14)23-16/h1-2,14-16H,3-13H2/b2-1+/t14-,15+,16?. The van der Waals surface area contributed by atoms with Crippen molar-refractivity contribution in [2.75, 3.05) is 46.2 Å². The maximum atomic E-state index is 5.94. The van der Waals surface area contributed by atoms with Crippen LogP contribution in [0.15, 0.2) is 12.2 Å². The second-order valence-electron chi connectivity index (χ2n) is 5.59. The van der Waals surface area contributed by atoms with Gasteiger partial charge in [-0.05, 0) is 25.7 Å². The predicted octanol–water partition coefficient (Wildman–Crippen LogP) is 3.29. The van der Waals surface area contributed by atoms with Crippen LogP contribution in [0.25, 0.3) is 0 Å². The minimum absolute atomic E-state index is 0.214. The van der Waals surface area contributed by atoms with Gasteiger partial charge in [0.2, 0.25) is 0 Å². The van der Waals surface area contributed by atoms with E-state index in [1.807, 2.05) is 0 Å². The van der Waals surface area contributed by atoms with Gasteiger partial charge in [-0.3, -0.25) is 0 Å². The van der Waals surface area contributed by atoms with Crippen molar-refractivity contribution >= 4 is 30.4 Å². The molecular formula is C16H27IO6S. The molecule has 0 aromatic rings. The van der Waals surface area contributed by atoms with Crippen molar-refractivity contribution in [3.63, 3.8) is 0 Å². The molecule has 0 saturated carbocycles. The van der Waals surface area contributed by atoms with E-state index in [-0.39, 0.29) is 18.5 Å². The molecule has 8 heteroatoms. The monoisotopic (exact) mass is 474 g/mol. The van der Waals surface area contributed by atoms with Crippen LogP contribution in [0.3, 0.4) is 0 Å². The molecule has 1 unspecified atom stereocenters. The highest BCUT2D eigenvalue weighted by Crippen LogP contribution is 2.28. The summed E-state index contributed by atoms with van der Waals surface area (Å²) in [7, 11) is 1.32. The van der Waals surface area contributed by atoms with Crippen LogP contribution >= 0.6 is 30.4 Å². The fourth-order valence-electron chi connectivity index (χ4n) is 2.68. The van der Waals surface area contributed by atoms with Crippen LogP contribution in [0.1, 0.15) is 25.7 Å². The van der Waals surface area contributed by atoms with Crippen LogP contribution in [0.2, 0.25) is 0 Å². The molecule has 1 aliphatic heterocycles. The zero-order valence-corrected chi connectivity index (χ0v) is 16.9. The van der Waals surface area contributed by atoms with E-state index < -0.39 is 0 Å². The van der Waals surface area contributed by atoms with Crippen molar-refractivity contribution in [3.05, 3.63) is 12.2 Å². The van der Waals surface area contributed by atoms with Gasteiger partial charge in [-0.1, -0.05) is 12.2 Å². The van der Waals surface area contributed by atoms with Gasteiger partial charge in [-0.2, -0.15) is 0 Å². The Morgan fingerprint density at radius 2 is 1.38 bits per heavy atom. The Labute approximate surface area is 160 Å². The third-order valence-corrected chi connectivity index (χ3v) is 4.84. The Balaban J connectivity index is 1.40. The summed E-state index contributed by atoms with van der Waals surface area (Å²) in [6.07, 6.45) is 8.86. The van der Waals surface area contributed by atoms with Gasteiger partial charge in [0.15, 0.2) is 6.29 Å². The van der Waals surface area contributed by atoms with E-state index in [4.69, 9.17) is 27.9 Å². The number of hydrogen-bond acceptors (Lipinski definition) is 7. The van der Waals surface area contributed by atoms with Crippen LogP contribution in [0.5, 0.6) is 0 Å². The molecule has 1 aliphatic carbocycles. The quantitative estimate of drug-likeness (QED) is 0.186. The third kappa shape index (κ3) is 8.79. The number of fused-ring (bicyclic) bond motifs is 1. The maximum absolute atomic E-state index is 5.94. The van der Waals surface area contributed by atoms with Crippen molar-refractivity contribution < 1.29 is 27.9 Å². The topological polar surface area (TPSA) is 55.4 Å². The summed E-state index contributed by atoms with van der Waals surface area (Å²) in [6, 6.07) is 0. The zero-order chi connectivity index (χ0) is 16.9. The van der Waals surface area contributed by atoms with Crippen LogP contribution in [0, 0.1) is 0 Å². The van der Waals surface area contributed by atoms with Gasteiger partial charge in [-0.25, -0.2) is 0 Å². The molecule has 0 bridgehead atoms. The van der Waals surface area contributed by atoms with Gasteiger partial charge in [-0.15, -0.1) is 0 Å². The summed E-state index contributed by atoms with van der Waals surface area (Å²) in [4.78, 5) is 0. The lowest BCUT2D eigenvalue weighted by molar-refractivity contribution is -0.117. The van der Waals surface area contributed by atoms with Gasteiger partial charge in [0.1, 0.15) is 0 Å². The molecule has 2 aliphatic rings. The molecule has 2 rings (SSSR count). The van der Waals surface area contributed by atoms with E-state index in [1.54, 1.807) is 0 Å². The first kappa shape index (κ1) is 20.9. The highest BCUT2D eigenvalue weighted by Gasteiger charge is 2.35. The lowest BCUT2D eigenvalue weighted by Gasteiger charge is -2.16. The normalized spacial score (nSPS) is 28.3. The van der Waals surface area contributed by atoms with Crippen LogP contribution in [-0.4, -0.2) is 64.7 Å². The summed E-state index contributed by atoms with van der Waals surface area (Å²) in [5.74, 6) is 0. The van der Waals surface area contributed by atoms with E-state index in [1.165, 1.54) is 9.21 Å². The van der Waals surface area contributed by atoms with Gasteiger partial charge < -0.3 is 27.9 Å². The van der Waals surface area contributed by atoms with Gasteiger partial charge in [0, 0.05) is 21.2 Å². The number of rotatable bonds is 12. The molecule has 0 aromatic heterocycles. The molecular weight excluding hydrogens is 447 g/mol. The largest absolute Gasteiger partial charge is 0.377 e. The summed E-state index contributed by atoms with van der Waals surface area (Å²) in [5.41, 5.74) is 0. The first-order valence-corrected chi connectivity index (χ1v) is 11.8. The number of allylic oxidation sites excluding steroid dienone is 2. The Kier molecular flexibility index (Phi) is 12.0. The average molecular weight is 474 g/mol. The molecule has 0 N–H and O–H groups in total. The highest BCUT2D eigenvalue weighted by atomic mass is 127. The van der Waals surface area contributed by atoms with Crippen molar-refractivity contribution in [3.8, 4) is 0 Å². The molecule has 0 spiro atoms. The molecule has 0 radical (unpaired) electrons. The lowest BCUT2D eigenvalue weighted by Crippen LogP contribution is -2.22. The molecule has 0 aromatic carbocycles. The molecule has 1 saturated heterocycles. The number of ether oxygens (including phenoxy) is 5. The second-order valence-corrected chi connectivity index (χ2v) is 7.03. The first-order chi connectivity index (χ1) is 11.9. The lowest BCUT2D eigenvalue weighted by atomic mass is 10.0. The smallest absolute Gasteiger partial charge is 0.181 e. The van der Waals surface area contributed by atoms with Gasteiger partial charge in [0.05, 0.1) is 67.7 Å². The highest BCUT2D eigenvalue weighted by molar-refractivity contribution is 14.2. The predicted molar refractivity (Wildman–Crippen MR) is 101 cm³/mol. The Morgan fingerprint density at radius 3 is 1.96 bits per heavy atom. The SMILES string of the molecule is ISOCCOCCOCCOCC1O[C@H]2CC/C=C/CC[C@H]2O1. The molecule has 0 amide bonds. The summed E-state index contributed by atoms with van der Waals surface area (Å²) in [6.45, 7) is 3.86. The van der Waals surface area contributed by atoms with Crippen molar-refractivity contribution in [1.82, 2.24) is 0 Å². The number of halogens is 1. The van der Waals surface area contributed by atoms with Crippen LogP contribution in [0.4, 0.5) is 0 Å². The van der Waals surface area contributed by atoms with E-state index in [0.717, 1.165) is 25.7 Å². The maximum Gasteiger partial charge on any atom is 0.181 e. The molecule has 24 heavy (non-hydrogen) atoms. The van der Waals surface area contributed by atoms with E-state index in [2.05, 4.69) is 33.4 Å². The fraction of sp³-hybridized carbons (Fsp3) is 0.875. The van der Waals surface area contributed by atoms with Gasteiger partial charge in [0.25, 0.3) is 0 Å². The number of hydrogen-bond donors (Lipinski definition) is 0. The van der Waals surface area contributed by atoms with E-state index in [0.29, 0.717) is 46.2 Å². The molecule has 1 heterocycles. The van der Waals surface area contributed by atoms with Crippen molar-refractivity contribution in [1.29, 1.82) is 0 Å². The average Bonchev–Trinajstić information content (AvgIpc) is 2.94.